The van der Waals surface area contributed by atoms with E-state index >= 15 is 0 Å². The zero-order valence-electron chi connectivity index (χ0n) is 11.0. The van der Waals surface area contributed by atoms with E-state index in [1.165, 1.54) is 16.8 Å². The first-order valence-electron chi connectivity index (χ1n) is 6.16. The van der Waals surface area contributed by atoms with E-state index in [0.29, 0.717) is 12.6 Å². The van der Waals surface area contributed by atoms with E-state index in [9.17, 15) is 0 Å². The SMILES string of the molecule is CCCN(c1ccc(C)cc1CN)C(C)C. The van der Waals surface area contributed by atoms with Crippen molar-refractivity contribution in [3.05, 3.63) is 29.3 Å². The summed E-state index contributed by atoms with van der Waals surface area (Å²) in [5.41, 5.74) is 9.66. The van der Waals surface area contributed by atoms with E-state index in [2.05, 4.69) is 50.8 Å². The fourth-order valence-corrected chi connectivity index (χ4v) is 2.06. The van der Waals surface area contributed by atoms with Crippen LogP contribution >= 0.6 is 0 Å². The summed E-state index contributed by atoms with van der Waals surface area (Å²) in [6.07, 6.45) is 1.16. The van der Waals surface area contributed by atoms with Crippen LogP contribution in [-0.4, -0.2) is 12.6 Å². The van der Waals surface area contributed by atoms with E-state index < -0.39 is 0 Å². The molecule has 0 amide bonds. The monoisotopic (exact) mass is 220 g/mol. The van der Waals surface area contributed by atoms with Gasteiger partial charge >= 0.3 is 0 Å². The average molecular weight is 220 g/mol. The Morgan fingerprint density at radius 2 is 2.00 bits per heavy atom. The lowest BCUT2D eigenvalue weighted by Gasteiger charge is -2.30. The Labute approximate surface area is 99.5 Å². The van der Waals surface area contributed by atoms with Crippen LogP contribution in [0.1, 0.15) is 38.3 Å². The number of hydrogen-bond acceptors (Lipinski definition) is 2. The summed E-state index contributed by atoms with van der Waals surface area (Å²) in [6, 6.07) is 7.08. The molecule has 0 bridgehead atoms. The maximum absolute atomic E-state index is 5.83. The second kappa shape index (κ2) is 5.90. The molecule has 16 heavy (non-hydrogen) atoms. The second-order valence-electron chi connectivity index (χ2n) is 4.62. The van der Waals surface area contributed by atoms with Gasteiger partial charge in [-0.3, -0.25) is 0 Å². The van der Waals surface area contributed by atoms with Crippen LogP contribution in [0.3, 0.4) is 0 Å². The summed E-state index contributed by atoms with van der Waals surface area (Å²) in [5.74, 6) is 0. The van der Waals surface area contributed by atoms with Gasteiger partial charge in [0.2, 0.25) is 0 Å². The van der Waals surface area contributed by atoms with Crippen LogP contribution in [0.2, 0.25) is 0 Å². The molecule has 90 valence electrons. The van der Waals surface area contributed by atoms with Gasteiger partial charge in [-0.2, -0.15) is 0 Å². The van der Waals surface area contributed by atoms with Crippen molar-refractivity contribution >= 4 is 5.69 Å². The Balaban J connectivity index is 3.07. The smallest absolute Gasteiger partial charge is 0.0414 e. The second-order valence-corrected chi connectivity index (χ2v) is 4.62. The highest BCUT2D eigenvalue weighted by Gasteiger charge is 2.12. The Morgan fingerprint density at radius 1 is 1.31 bits per heavy atom. The Bertz CT molecular complexity index is 332. The van der Waals surface area contributed by atoms with Gasteiger partial charge in [0.15, 0.2) is 0 Å². The number of rotatable bonds is 5. The molecule has 0 aliphatic heterocycles. The van der Waals surface area contributed by atoms with Gasteiger partial charge in [-0.05, 0) is 38.8 Å². The molecule has 2 heteroatoms. The predicted octanol–water partition coefficient (Wildman–Crippen LogP) is 3.08. The minimum absolute atomic E-state index is 0.521. The summed E-state index contributed by atoms with van der Waals surface area (Å²) in [7, 11) is 0. The molecular formula is C14H24N2. The molecule has 0 spiro atoms. The van der Waals surface area contributed by atoms with Crippen LogP contribution in [0.4, 0.5) is 5.69 Å². The number of anilines is 1. The van der Waals surface area contributed by atoms with E-state index in [1.54, 1.807) is 0 Å². The standard InChI is InChI=1S/C14H24N2/c1-5-8-16(11(2)3)14-7-6-12(4)9-13(14)10-15/h6-7,9,11H,5,8,10,15H2,1-4H3. The van der Waals surface area contributed by atoms with Crippen LogP contribution in [-0.2, 0) is 6.54 Å². The summed E-state index contributed by atoms with van der Waals surface area (Å²) >= 11 is 0. The Kier molecular flexibility index (Phi) is 4.81. The summed E-state index contributed by atoms with van der Waals surface area (Å²) in [6.45, 7) is 10.5. The predicted molar refractivity (Wildman–Crippen MR) is 71.8 cm³/mol. The summed E-state index contributed by atoms with van der Waals surface area (Å²) < 4.78 is 0. The van der Waals surface area contributed by atoms with Crippen LogP contribution in [0, 0.1) is 6.92 Å². The largest absolute Gasteiger partial charge is 0.369 e. The first-order chi connectivity index (χ1) is 7.60. The third kappa shape index (κ3) is 2.99. The molecule has 0 atom stereocenters. The number of hydrogen-bond donors (Lipinski definition) is 1. The molecule has 0 unspecified atom stereocenters. The molecule has 0 heterocycles. The van der Waals surface area contributed by atoms with Gasteiger partial charge in [0.25, 0.3) is 0 Å². The molecule has 1 rings (SSSR count). The summed E-state index contributed by atoms with van der Waals surface area (Å²) in [5, 5.41) is 0. The maximum Gasteiger partial charge on any atom is 0.0414 e. The van der Waals surface area contributed by atoms with E-state index in [-0.39, 0.29) is 0 Å². The molecule has 1 aromatic carbocycles. The van der Waals surface area contributed by atoms with Crippen molar-refractivity contribution in [3.63, 3.8) is 0 Å². The van der Waals surface area contributed by atoms with Crippen molar-refractivity contribution in [3.8, 4) is 0 Å². The van der Waals surface area contributed by atoms with Gasteiger partial charge in [0.1, 0.15) is 0 Å². The first-order valence-corrected chi connectivity index (χ1v) is 6.16. The zero-order valence-corrected chi connectivity index (χ0v) is 11.0. The minimum Gasteiger partial charge on any atom is -0.369 e. The first kappa shape index (κ1) is 13.0. The quantitative estimate of drug-likeness (QED) is 0.826. The lowest BCUT2D eigenvalue weighted by atomic mass is 10.1. The van der Waals surface area contributed by atoms with Gasteiger partial charge in [0.05, 0.1) is 0 Å². The lowest BCUT2D eigenvalue weighted by Crippen LogP contribution is -2.32. The molecule has 2 nitrogen and oxygen atoms in total. The van der Waals surface area contributed by atoms with E-state index in [1.807, 2.05) is 0 Å². The number of nitrogens with zero attached hydrogens (tertiary/aromatic N) is 1. The van der Waals surface area contributed by atoms with Gasteiger partial charge in [-0.25, -0.2) is 0 Å². The molecule has 0 saturated heterocycles. The van der Waals surface area contributed by atoms with Crippen molar-refractivity contribution in [1.29, 1.82) is 0 Å². The van der Waals surface area contributed by atoms with Crippen molar-refractivity contribution < 1.29 is 0 Å². The fourth-order valence-electron chi connectivity index (χ4n) is 2.06. The molecule has 0 fully saturated rings. The Hall–Kier alpha value is -1.02. The molecule has 0 aliphatic carbocycles. The highest BCUT2D eigenvalue weighted by Crippen LogP contribution is 2.23. The topological polar surface area (TPSA) is 29.3 Å². The minimum atomic E-state index is 0.521. The van der Waals surface area contributed by atoms with E-state index in [4.69, 9.17) is 5.73 Å². The van der Waals surface area contributed by atoms with Crippen LogP contribution in [0.25, 0.3) is 0 Å². The molecular weight excluding hydrogens is 196 g/mol. The maximum atomic E-state index is 5.83. The number of nitrogens with two attached hydrogens (primary N) is 1. The van der Waals surface area contributed by atoms with Gasteiger partial charge in [-0.1, -0.05) is 24.6 Å². The van der Waals surface area contributed by atoms with Crippen molar-refractivity contribution in [2.45, 2.75) is 46.7 Å². The van der Waals surface area contributed by atoms with Crippen molar-refractivity contribution in [2.75, 3.05) is 11.4 Å². The Morgan fingerprint density at radius 3 is 2.50 bits per heavy atom. The third-order valence-electron chi connectivity index (χ3n) is 2.85. The molecule has 1 aromatic rings. The number of aryl methyl sites for hydroxylation is 1. The molecule has 0 saturated carbocycles. The van der Waals surface area contributed by atoms with Crippen molar-refractivity contribution in [2.24, 2.45) is 5.73 Å². The van der Waals surface area contributed by atoms with Gasteiger partial charge in [-0.15, -0.1) is 0 Å². The molecule has 0 aromatic heterocycles. The van der Waals surface area contributed by atoms with Gasteiger partial charge < -0.3 is 10.6 Å². The van der Waals surface area contributed by atoms with Crippen LogP contribution < -0.4 is 10.6 Å². The van der Waals surface area contributed by atoms with Crippen LogP contribution in [0.15, 0.2) is 18.2 Å². The summed E-state index contributed by atoms with van der Waals surface area (Å²) in [4.78, 5) is 2.43. The fraction of sp³-hybridized carbons (Fsp3) is 0.571. The normalized spacial score (nSPS) is 10.9. The molecule has 2 N–H and O–H groups in total. The number of benzene rings is 1. The zero-order chi connectivity index (χ0) is 12.1. The third-order valence-corrected chi connectivity index (χ3v) is 2.85. The van der Waals surface area contributed by atoms with Crippen molar-refractivity contribution in [1.82, 2.24) is 0 Å². The van der Waals surface area contributed by atoms with E-state index in [0.717, 1.165) is 13.0 Å². The highest BCUT2D eigenvalue weighted by atomic mass is 15.1. The van der Waals surface area contributed by atoms with Gasteiger partial charge in [0, 0.05) is 24.8 Å². The molecule has 0 radical (unpaired) electrons. The average Bonchev–Trinajstić information content (AvgIpc) is 2.26. The van der Waals surface area contributed by atoms with Crippen LogP contribution in [0.5, 0.6) is 0 Å². The molecule has 0 aliphatic rings. The lowest BCUT2D eigenvalue weighted by molar-refractivity contribution is 0.667. The highest BCUT2D eigenvalue weighted by molar-refractivity contribution is 5.55.